The zero-order valence-electron chi connectivity index (χ0n) is 18.1. The quantitative estimate of drug-likeness (QED) is 0.648. The van der Waals surface area contributed by atoms with Gasteiger partial charge in [0.25, 0.3) is 5.56 Å². The fourth-order valence-corrected chi connectivity index (χ4v) is 3.36. The van der Waals surface area contributed by atoms with Gasteiger partial charge in [0.2, 0.25) is 5.88 Å². The van der Waals surface area contributed by atoms with Crippen molar-refractivity contribution in [2.75, 3.05) is 25.6 Å². The van der Waals surface area contributed by atoms with E-state index in [4.69, 9.17) is 4.74 Å². The molecule has 0 aliphatic carbocycles. The fraction of sp³-hybridized carbons (Fsp3) is 0.391. The molecule has 1 N–H and O–H groups in total. The number of rotatable bonds is 7. The summed E-state index contributed by atoms with van der Waals surface area (Å²) >= 11 is 0. The molecule has 1 unspecified atom stereocenters. The summed E-state index contributed by atoms with van der Waals surface area (Å²) in [4.78, 5) is 26.1. The molecule has 7 heteroatoms. The van der Waals surface area contributed by atoms with Crippen molar-refractivity contribution in [2.24, 2.45) is 0 Å². The predicted octanol–water partition coefficient (Wildman–Crippen LogP) is 3.37. The molecule has 0 saturated heterocycles. The second-order valence-corrected chi connectivity index (χ2v) is 7.71. The summed E-state index contributed by atoms with van der Waals surface area (Å²) in [6.07, 6.45) is 0.985. The SMILES string of the molecule is CCOc1cc(N(C)C)nc(CC(C)(C#N)c2ccc3cc(CC)c(=O)[nH]c3c2)n1. The third kappa shape index (κ3) is 4.28. The van der Waals surface area contributed by atoms with Crippen LogP contribution in [0.25, 0.3) is 10.9 Å². The number of H-pyrrole nitrogens is 1. The van der Waals surface area contributed by atoms with E-state index in [1.54, 1.807) is 6.07 Å². The summed E-state index contributed by atoms with van der Waals surface area (Å²) in [5.74, 6) is 1.74. The van der Waals surface area contributed by atoms with Crippen LogP contribution in [0.2, 0.25) is 0 Å². The Kier molecular flexibility index (Phi) is 6.06. The van der Waals surface area contributed by atoms with Gasteiger partial charge in [-0.2, -0.15) is 10.2 Å². The summed E-state index contributed by atoms with van der Waals surface area (Å²) in [5, 5.41) is 11.0. The van der Waals surface area contributed by atoms with Crippen molar-refractivity contribution in [2.45, 2.75) is 39.0 Å². The molecule has 2 heterocycles. The number of ether oxygens (including phenoxy) is 1. The largest absolute Gasteiger partial charge is 0.478 e. The Balaban J connectivity index is 2.04. The number of nitrogens with zero attached hydrogens (tertiary/aromatic N) is 4. The maximum atomic E-state index is 12.2. The lowest BCUT2D eigenvalue weighted by Gasteiger charge is -2.23. The number of nitrogens with one attached hydrogen (secondary N) is 1. The molecule has 0 bridgehead atoms. The molecule has 0 fully saturated rings. The molecule has 0 aliphatic rings. The standard InChI is InChI=1S/C23H27N5O2/c1-6-15-10-16-8-9-17(11-18(16)25-22(15)29)23(3,14-24)13-19-26-20(28(4)5)12-21(27-19)30-7-2/h8-12H,6-7,13H2,1-5H3,(H,25,29). The van der Waals surface area contributed by atoms with E-state index in [1.165, 1.54) is 0 Å². The average molecular weight is 406 g/mol. The highest BCUT2D eigenvalue weighted by Gasteiger charge is 2.29. The predicted molar refractivity (Wildman–Crippen MR) is 118 cm³/mol. The van der Waals surface area contributed by atoms with E-state index < -0.39 is 5.41 Å². The van der Waals surface area contributed by atoms with Crippen molar-refractivity contribution in [1.82, 2.24) is 15.0 Å². The lowest BCUT2D eigenvalue weighted by Crippen LogP contribution is -2.25. The van der Waals surface area contributed by atoms with Crippen LogP contribution in [-0.4, -0.2) is 35.7 Å². The molecule has 1 atom stereocenters. The number of hydrogen-bond acceptors (Lipinski definition) is 6. The molecule has 0 amide bonds. The smallest absolute Gasteiger partial charge is 0.251 e. The van der Waals surface area contributed by atoms with Gasteiger partial charge in [-0.3, -0.25) is 4.79 Å². The van der Waals surface area contributed by atoms with Crippen LogP contribution < -0.4 is 15.2 Å². The molecule has 0 spiro atoms. The normalized spacial score (nSPS) is 12.9. The zero-order chi connectivity index (χ0) is 21.9. The van der Waals surface area contributed by atoms with Crippen LogP contribution in [0.1, 0.15) is 37.7 Å². The van der Waals surface area contributed by atoms with E-state index in [9.17, 15) is 10.1 Å². The van der Waals surface area contributed by atoms with Crippen molar-refractivity contribution in [3.05, 3.63) is 57.6 Å². The van der Waals surface area contributed by atoms with E-state index in [1.807, 2.05) is 64.0 Å². The van der Waals surface area contributed by atoms with Gasteiger partial charge >= 0.3 is 0 Å². The molecular formula is C23H27N5O2. The number of pyridine rings is 1. The summed E-state index contributed by atoms with van der Waals surface area (Å²) in [6.45, 7) is 6.21. The van der Waals surface area contributed by atoms with Crippen LogP contribution in [0.5, 0.6) is 5.88 Å². The summed E-state index contributed by atoms with van der Waals surface area (Å²) < 4.78 is 5.58. The van der Waals surface area contributed by atoms with Gasteiger partial charge in [-0.15, -0.1) is 0 Å². The molecule has 0 radical (unpaired) electrons. The van der Waals surface area contributed by atoms with Gasteiger partial charge < -0.3 is 14.6 Å². The third-order valence-corrected chi connectivity index (χ3v) is 5.19. The van der Waals surface area contributed by atoms with Crippen molar-refractivity contribution in [1.29, 1.82) is 5.26 Å². The average Bonchev–Trinajstić information content (AvgIpc) is 2.72. The second-order valence-electron chi connectivity index (χ2n) is 7.71. The summed E-state index contributed by atoms with van der Waals surface area (Å²) in [5.41, 5.74) is 1.30. The fourth-order valence-electron chi connectivity index (χ4n) is 3.36. The number of hydrogen-bond donors (Lipinski definition) is 1. The molecule has 0 aliphatic heterocycles. The second kappa shape index (κ2) is 8.54. The topological polar surface area (TPSA) is 94.9 Å². The zero-order valence-corrected chi connectivity index (χ0v) is 18.1. The van der Waals surface area contributed by atoms with Crippen LogP contribution in [0.4, 0.5) is 5.82 Å². The molecule has 7 nitrogen and oxygen atoms in total. The molecule has 1 aromatic carbocycles. The summed E-state index contributed by atoms with van der Waals surface area (Å²) in [6, 6.07) is 11.9. The Morgan fingerprint density at radius 3 is 2.60 bits per heavy atom. The highest BCUT2D eigenvalue weighted by Crippen LogP contribution is 2.30. The van der Waals surface area contributed by atoms with E-state index in [-0.39, 0.29) is 5.56 Å². The first kappa shape index (κ1) is 21.3. The van der Waals surface area contributed by atoms with Gasteiger partial charge in [-0.1, -0.05) is 19.1 Å². The number of aryl methyl sites for hydroxylation is 1. The van der Waals surface area contributed by atoms with E-state index >= 15 is 0 Å². The third-order valence-electron chi connectivity index (χ3n) is 5.19. The van der Waals surface area contributed by atoms with Gasteiger partial charge in [-0.25, -0.2) is 4.98 Å². The van der Waals surface area contributed by atoms with Gasteiger partial charge in [0.1, 0.15) is 11.6 Å². The highest BCUT2D eigenvalue weighted by molar-refractivity contribution is 5.80. The van der Waals surface area contributed by atoms with Crippen molar-refractivity contribution in [3.63, 3.8) is 0 Å². The number of aromatic nitrogens is 3. The van der Waals surface area contributed by atoms with Crippen LogP contribution in [-0.2, 0) is 18.3 Å². The minimum Gasteiger partial charge on any atom is -0.478 e. The first-order valence-electron chi connectivity index (χ1n) is 10.1. The molecular weight excluding hydrogens is 378 g/mol. The number of aromatic amines is 1. The molecule has 156 valence electrons. The molecule has 3 aromatic rings. The van der Waals surface area contributed by atoms with E-state index in [0.29, 0.717) is 36.7 Å². The maximum absolute atomic E-state index is 12.2. The molecule has 2 aromatic heterocycles. The Labute approximate surface area is 176 Å². The van der Waals surface area contributed by atoms with Crippen molar-refractivity contribution < 1.29 is 4.74 Å². The van der Waals surface area contributed by atoms with Gasteiger partial charge in [0, 0.05) is 37.7 Å². The molecule has 0 saturated carbocycles. The Morgan fingerprint density at radius 1 is 1.20 bits per heavy atom. The monoisotopic (exact) mass is 405 g/mol. The molecule has 3 rings (SSSR count). The summed E-state index contributed by atoms with van der Waals surface area (Å²) in [7, 11) is 3.80. The van der Waals surface area contributed by atoms with Crippen LogP contribution >= 0.6 is 0 Å². The molecule has 30 heavy (non-hydrogen) atoms. The lowest BCUT2D eigenvalue weighted by molar-refractivity contribution is 0.324. The number of fused-ring (bicyclic) bond motifs is 1. The van der Waals surface area contributed by atoms with Gasteiger partial charge in [0.05, 0.1) is 18.1 Å². The van der Waals surface area contributed by atoms with E-state index in [2.05, 4.69) is 21.0 Å². The maximum Gasteiger partial charge on any atom is 0.251 e. The minimum absolute atomic E-state index is 0.0933. The highest BCUT2D eigenvalue weighted by atomic mass is 16.5. The van der Waals surface area contributed by atoms with Gasteiger partial charge in [-0.05, 0) is 43.4 Å². The first-order valence-corrected chi connectivity index (χ1v) is 10.1. The van der Waals surface area contributed by atoms with E-state index in [0.717, 1.165) is 22.3 Å². The first-order chi connectivity index (χ1) is 14.3. The Bertz CT molecular complexity index is 1160. The lowest BCUT2D eigenvalue weighted by atomic mass is 9.80. The van der Waals surface area contributed by atoms with Crippen LogP contribution in [0, 0.1) is 11.3 Å². The Hall–Kier alpha value is -3.40. The minimum atomic E-state index is -0.872. The van der Waals surface area contributed by atoms with Crippen molar-refractivity contribution >= 4 is 16.7 Å². The number of nitriles is 1. The van der Waals surface area contributed by atoms with Crippen LogP contribution in [0.15, 0.2) is 35.1 Å². The van der Waals surface area contributed by atoms with Crippen molar-refractivity contribution in [3.8, 4) is 11.9 Å². The number of benzene rings is 1. The van der Waals surface area contributed by atoms with Gasteiger partial charge in [0.15, 0.2) is 0 Å². The number of anilines is 1. The van der Waals surface area contributed by atoms with Crippen LogP contribution in [0.3, 0.4) is 0 Å². The Morgan fingerprint density at radius 2 is 1.97 bits per heavy atom.